The Balaban J connectivity index is 1.95. The van der Waals surface area contributed by atoms with Gasteiger partial charge in [-0.25, -0.2) is 9.97 Å². The lowest BCUT2D eigenvalue weighted by molar-refractivity contribution is 0.180. The normalized spacial score (nSPS) is 18.7. The van der Waals surface area contributed by atoms with Crippen molar-refractivity contribution in [1.82, 2.24) is 9.97 Å². The van der Waals surface area contributed by atoms with Crippen LogP contribution in [0.2, 0.25) is 5.15 Å². The van der Waals surface area contributed by atoms with Gasteiger partial charge < -0.3 is 5.32 Å². The second-order valence-corrected chi connectivity index (χ2v) is 4.57. The van der Waals surface area contributed by atoms with Crippen LogP contribution in [-0.4, -0.2) is 16.5 Å². The first-order chi connectivity index (χ1) is 6.70. The van der Waals surface area contributed by atoms with Crippen molar-refractivity contribution in [3.63, 3.8) is 0 Å². The van der Waals surface area contributed by atoms with Gasteiger partial charge in [0.15, 0.2) is 11.0 Å². The van der Waals surface area contributed by atoms with Crippen molar-refractivity contribution >= 4 is 17.4 Å². The van der Waals surface area contributed by atoms with Crippen LogP contribution in [0, 0.1) is 5.41 Å². The Labute approximate surface area is 88.9 Å². The van der Waals surface area contributed by atoms with E-state index in [9.17, 15) is 0 Å². The first-order valence-corrected chi connectivity index (χ1v) is 5.28. The molecule has 0 amide bonds. The molecule has 0 spiro atoms. The topological polar surface area (TPSA) is 37.8 Å². The van der Waals surface area contributed by atoms with E-state index in [1.807, 2.05) is 0 Å². The zero-order chi connectivity index (χ0) is 10.0. The van der Waals surface area contributed by atoms with Crippen LogP contribution in [0.5, 0.6) is 0 Å². The summed E-state index contributed by atoms with van der Waals surface area (Å²) in [5.41, 5.74) is 0.431. The minimum absolute atomic E-state index is 0.431. The van der Waals surface area contributed by atoms with Crippen LogP contribution in [0.3, 0.4) is 0 Å². The Morgan fingerprint density at radius 2 is 2.14 bits per heavy atom. The van der Waals surface area contributed by atoms with Gasteiger partial charge in [0.1, 0.15) is 0 Å². The van der Waals surface area contributed by atoms with E-state index < -0.39 is 0 Å². The maximum absolute atomic E-state index is 5.88. The minimum atomic E-state index is 0.431. The summed E-state index contributed by atoms with van der Waals surface area (Å²) in [6.07, 6.45) is 7.16. The third-order valence-electron chi connectivity index (χ3n) is 2.90. The number of rotatable bonds is 3. The summed E-state index contributed by atoms with van der Waals surface area (Å²) >= 11 is 5.88. The molecule has 0 bridgehead atoms. The van der Waals surface area contributed by atoms with Crippen molar-refractivity contribution in [2.45, 2.75) is 26.2 Å². The molecule has 1 fully saturated rings. The number of aromatic nitrogens is 2. The highest BCUT2D eigenvalue weighted by Crippen LogP contribution is 2.40. The summed E-state index contributed by atoms with van der Waals surface area (Å²) in [5.74, 6) is 0.697. The van der Waals surface area contributed by atoms with Gasteiger partial charge in [-0.3, -0.25) is 0 Å². The third-order valence-corrected chi connectivity index (χ3v) is 3.17. The molecule has 1 heterocycles. The molecule has 1 aliphatic carbocycles. The van der Waals surface area contributed by atoms with Gasteiger partial charge in [0, 0.05) is 18.9 Å². The van der Waals surface area contributed by atoms with E-state index in [1.54, 1.807) is 12.4 Å². The standard InChI is InChI=1S/C10H14ClN3/c1-10(3-2-4-10)7-14-9-8(11)12-5-6-13-9/h5-6H,2-4,7H2,1H3,(H,13,14). The van der Waals surface area contributed by atoms with Gasteiger partial charge in [-0.15, -0.1) is 0 Å². The molecule has 0 saturated heterocycles. The fourth-order valence-electron chi connectivity index (χ4n) is 1.69. The van der Waals surface area contributed by atoms with Crippen LogP contribution in [0.1, 0.15) is 26.2 Å². The van der Waals surface area contributed by atoms with Crippen LogP contribution in [0.25, 0.3) is 0 Å². The fraction of sp³-hybridized carbons (Fsp3) is 0.600. The fourth-order valence-corrected chi connectivity index (χ4v) is 1.87. The Bertz CT molecular complexity index is 323. The van der Waals surface area contributed by atoms with E-state index in [0.717, 1.165) is 6.54 Å². The lowest BCUT2D eigenvalue weighted by Gasteiger charge is -2.38. The summed E-state index contributed by atoms with van der Waals surface area (Å²) in [6.45, 7) is 3.22. The van der Waals surface area contributed by atoms with E-state index >= 15 is 0 Å². The van der Waals surface area contributed by atoms with Crippen molar-refractivity contribution in [2.24, 2.45) is 5.41 Å². The molecule has 3 nitrogen and oxygen atoms in total. The van der Waals surface area contributed by atoms with Gasteiger partial charge >= 0.3 is 0 Å². The Morgan fingerprint density at radius 1 is 1.43 bits per heavy atom. The number of anilines is 1. The molecule has 0 atom stereocenters. The number of hydrogen-bond donors (Lipinski definition) is 1. The van der Waals surface area contributed by atoms with E-state index in [2.05, 4.69) is 22.2 Å². The first-order valence-electron chi connectivity index (χ1n) is 4.90. The van der Waals surface area contributed by atoms with Crippen LogP contribution in [0.15, 0.2) is 12.4 Å². The van der Waals surface area contributed by atoms with Gasteiger partial charge in [0.2, 0.25) is 0 Å². The molecule has 1 aliphatic rings. The summed E-state index contributed by atoms with van der Waals surface area (Å²) in [7, 11) is 0. The van der Waals surface area contributed by atoms with E-state index in [0.29, 0.717) is 16.4 Å². The molecular weight excluding hydrogens is 198 g/mol. The van der Waals surface area contributed by atoms with E-state index in [4.69, 9.17) is 11.6 Å². The van der Waals surface area contributed by atoms with Crippen LogP contribution in [0.4, 0.5) is 5.82 Å². The Kier molecular flexibility index (Phi) is 2.59. The van der Waals surface area contributed by atoms with Crippen molar-refractivity contribution < 1.29 is 0 Å². The molecule has 0 aromatic carbocycles. The molecule has 4 heteroatoms. The summed E-state index contributed by atoms with van der Waals surface area (Å²) in [6, 6.07) is 0. The van der Waals surface area contributed by atoms with Crippen molar-refractivity contribution in [1.29, 1.82) is 0 Å². The third kappa shape index (κ3) is 1.98. The van der Waals surface area contributed by atoms with Crippen molar-refractivity contribution in [3.05, 3.63) is 17.5 Å². The minimum Gasteiger partial charge on any atom is -0.367 e. The maximum Gasteiger partial charge on any atom is 0.171 e. The second-order valence-electron chi connectivity index (χ2n) is 4.21. The molecule has 1 N–H and O–H groups in total. The molecule has 1 saturated carbocycles. The molecule has 2 rings (SSSR count). The zero-order valence-electron chi connectivity index (χ0n) is 8.26. The second kappa shape index (κ2) is 3.73. The summed E-state index contributed by atoms with van der Waals surface area (Å²) < 4.78 is 0. The molecule has 0 radical (unpaired) electrons. The van der Waals surface area contributed by atoms with Gasteiger partial charge in [0.25, 0.3) is 0 Å². The first kappa shape index (κ1) is 9.71. The quantitative estimate of drug-likeness (QED) is 0.836. The zero-order valence-corrected chi connectivity index (χ0v) is 9.01. The Morgan fingerprint density at radius 3 is 2.71 bits per heavy atom. The number of nitrogens with one attached hydrogen (secondary N) is 1. The van der Waals surface area contributed by atoms with Crippen LogP contribution < -0.4 is 5.32 Å². The van der Waals surface area contributed by atoms with Crippen molar-refractivity contribution in [2.75, 3.05) is 11.9 Å². The maximum atomic E-state index is 5.88. The highest BCUT2D eigenvalue weighted by Gasteiger charge is 2.31. The number of nitrogens with zero attached hydrogens (tertiary/aromatic N) is 2. The SMILES string of the molecule is CC1(CNc2nccnc2Cl)CCC1. The predicted molar refractivity (Wildman–Crippen MR) is 57.5 cm³/mol. The molecule has 1 aromatic heterocycles. The summed E-state index contributed by atoms with van der Waals surface area (Å²) in [5, 5.41) is 3.70. The van der Waals surface area contributed by atoms with Crippen LogP contribution in [-0.2, 0) is 0 Å². The molecule has 1 aromatic rings. The van der Waals surface area contributed by atoms with Gasteiger partial charge in [-0.1, -0.05) is 24.9 Å². The smallest absolute Gasteiger partial charge is 0.171 e. The Hall–Kier alpha value is -0.830. The van der Waals surface area contributed by atoms with Crippen molar-refractivity contribution in [3.8, 4) is 0 Å². The molecular formula is C10H14ClN3. The average molecular weight is 212 g/mol. The molecule has 0 aliphatic heterocycles. The lowest BCUT2D eigenvalue weighted by Crippen LogP contribution is -2.33. The monoisotopic (exact) mass is 211 g/mol. The molecule has 14 heavy (non-hydrogen) atoms. The average Bonchev–Trinajstić information content (AvgIpc) is 2.14. The van der Waals surface area contributed by atoms with E-state index in [1.165, 1.54) is 19.3 Å². The highest BCUT2D eigenvalue weighted by atomic mass is 35.5. The lowest BCUT2D eigenvalue weighted by atomic mass is 9.70. The van der Waals surface area contributed by atoms with Crippen LogP contribution >= 0.6 is 11.6 Å². The number of halogens is 1. The highest BCUT2D eigenvalue weighted by molar-refractivity contribution is 6.31. The predicted octanol–water partition coefficient (Wildman–Crippen LogP) is 2.73. The largest absolute Gasteiger partial charge is 0.367 e. The molecule has 0 unspecified atom stereocenters. The summed E-state index contributed by atoms with van der Waals surface area (Å²) in [4.78, 5) is 8.10. The van der Waals surface area contributed by atoms with E-state index in [-0.39, 0.29) is 0 Å². The molecule has 76 valence electrons. The number of hydrogen-bond acceptors (Lipinski definition) is 3. The van der Waals surface area contributed by atoms with Gasteiger partial charge in [-0.05, 0) is 18.3 Å². The van der Waals surface area contributed by atoms with Gasteiger partial charge in [-0.2, -0.15) is 0 Å². The van der Waals surface area contributed by atoms with Gasteiger partial charge in [0.05, 0.1) is 0 Å².